The highest BCUT2D eigenvalue weighted by Gasteiger charge is 2.40. The van der Waals surface area contributed by atoms with Crippen molar-refractivity contribution in [3.63, 3.8) is 0 Å². The highest BCUT2D eigenvalue weighted by molar-refractivity contribution is 5.99. The number of hydrogen-bond acceptors (Lipinski definition) is 7. The highest BCUT2D eigenvalue weighted by atomic mass is 16.5. The van der Waals surface area contributed by atoms with Crippen LogP contribution in [0.4, 0.5) is 0 Å². The molecule has 29 heavy (non-hydrogen) atoms. The average molecular weight is 403 g/mol. The normalized spacial score (nSPS) is 20.5. The first-order valence-electron chi connectivity index (χ1n) is 10.2. The topological polar surface area (TPSA) is 91.7 Å². The SMILES string of the molecule is CCOC(=O)C1=C(C)NC(C)=C(C(=O)OCC)C1c1ccnn1[C@@H]1CCCCO1. The predicted octanol–water partition coefficient (Wildman–Crippen LogP) is 2.94. The average Bonchev–Trinajstić information content (AvgIpc) is 3.17. The van der Waals surface area contributed by atoms with Crippen LogP contribution >= 0.6 is 0 Å². The molecule has 1 fully saturated rings. The smallest absolute Gasteiger partial charge is 0.336 e. The van der Waals surface area contributed by atoms with Gasteiger partial charge < -0.3 is 19.5 Å². The van der Waals surface area contributed by atoms with Crippen molar-refractivity contribution < 1.29 is 23.8 Å². The molecule has 1 aromatic rings. The third-order valence-electron chi connectivity index (χ3n) is 5.18. The summed E-state index contributed by atoms with van der Waals surface area (Å²) >= 11 is 0. The van der Waals surface area contributed by atoms with E-state index in [1.165, 1.54) is 0 Å². The van der Waals surface area contributed by atoms with Crippen molar-refractivity contribution in [3.8, 4) is 0 Å². The summed E-state index contributed by atoms with van der Waals surface area (Å²) < 4.78 is 18.3. The first-order valence-corrected chi connectivity index (χ1v) is 10.2. The maximum Gasteiger partial charge on any atom is 0.336 e. The lowest BCUT2D eigenvalue weighted by molar-refractivity contribution is -0.139. The van der Waals surface area contributed by atoms with Gasteiger partial charge in [0, 0.05) is 24.2 Å². The number of ether oxygens (including phenoxy) is 3. The Bertz CT molecular complexity index is 793. The van der Waals surface area contributed by atoms with Crippen LogP contribution in [-0.4, -0.2) is 41.5 Å². The quantitative estimate of drug-likeness (QED) is 0.730. The molecule has 1 N–H and O–H groups in total. The van der Waals surface area contributed by atoms with E-state index in [1.54, 1.807) is 24.7 Å². The molecule has 8 nitrogen and oxygen atoms in total. The Morgan fingerprint density at radius 3 is 2.28 bits per heavy atom. The van der Waals surface area contributed by atoms with E-state index in [-0.39, 0.29) is 19.4 Å². The summed E-state index contributed by atoms with van der Waals surface area (Å²) in [5.41, 5.74) is 2.78. The van der Waals surface area contributed by atoms with Gasteiger partial charge in [0.05, 0.1) is 36.0 Å². The van der Waals surface area contributed by atoms with E-state index < -0.39 is 17.9 Å². The molecule has 0 radical (unpaired) electrons. The maximum atomic E-state index is 12.9. The van der Waals surface area contributed by atoms with Gasteiger partial charge >= 0.3 is 11.9 Å². The van der Waals surface area contributed by atoms with Gasteiger partial charge in [0.1, 0.15) is 6.23 Å². The van der Waals surface area contributed by atoms with Crippen molar-refractivity contribution in [2.75, 3.05) is 19.8 Å². The number of hydrogen-bond donors (Lipinski definition) is 1. The molecule has 2 aliphatic rings. The van der Waals surface area contributed by atoms with Crippen LogP contribution < -0.4 is 5.32 Å². The number of aromatic nitrogens is 2. The molecule has 0 amide bonds. The Morgan fingerprint density at radius 2 is 1.76 bits per heavy atom. The highest BCUT2D eigenvalue weighted by Crippen LogP contribution is 2.40. The number of esters is 2. The second-order valence-electron chi connectivity index (χ2n) is 7.10. The first kappa shape index (κ1) is 21.1. The van der Waals surface area contributed by atoms with Crippen LogP contribution in [0.3, 0.4) is 0 Å². The third kappa shape index (κ3) is 4.22. The summed E-state index contributed by atoms with van der Waals surface area (Å²) in [6, 6.07) is 1.83. The van der Waals surface area contributed by atoms with Crippen molar-refractivity contribution in [3.05, 3.63) is 40.5 Å². The molecule has 2 aliphatic heterocycles. The maximum absolute atomic E-state index is 12.9. The van der Waals surface area contributed by atoms with Gasteiger partial charge in [0.15, 0.2) is 0 Å². The summed E-state index contributed by atoms with van der Waals surface area (Å²) in [6.07, 6.45) is 4.33. The summed E-state index contributed by atoms with van der Waals surface area (Å²) in [7, 11) is 0. The van der Waals surface area contributed by atoms with Crippen LogP contribution in [0, 0.1) is 0 Å². The van der Waals surface area contributed by atoms with Crippen LogP contribution in [-0.2, 0) is 23.8 Å². The largest absolute Gasteiger partial charge is 0.463 e. The van der Waals surface area contributed by atoms with E-state index >= 15 is 0 Å². The second kappa shape index (κ2) is 9.26. The molecule has 1 saturated heterocycles. The van der Waals surface area contributed by atoms with Crippen LogP contribution in [0.2, 0.25) is 0 Å². The number of carbonyl (C=O) groups is 2. The summed E-state index contributed by atoms with van der Waals surface area (Å²) in [5, 5.41) is 7.61. The number of allylic oxidation sites excluding steroid dienone is 2. The van der Waals surface area contributed by atoms with Gasteiger partial charge in [-0.25, -0.2) is 14.3 Å². The summed E-state index contributed by atoms with van der Waals surface area (Å²) in [4.78, 5) is 25.8. The van der Waals surface area contributed by atoms with E-state index in [1.807, 2.05) is 19.9 Å². The summed E-state index contributed by atoms with van der Waals surface area (Å²) in [6.45, 7) is 8.27. The molecule has 0 aliphatic carbocycles. The molecule has 0 spiro atoms. The van der Waals surface area contributed by atoms with E-state index in [0.29, 0.717) is 34.8 Å². The van der Waals surface area contributed by atoms with Gasteiger partial charge in [-0.2, -0.15) is 5.10 Å². The molecule has 3 heterocycles. The summed E-state index contributed by atoms with van der Waals surface area (Å²) in [5.74, 6) is -1.58. The first-order chi connectivity index (χ1) is 14.0. The van der Waals surface area contributed by atoms with Crippen LogP contribution in [0.25, 0.3) is 0 Å². The monoisotopic (exact) mass is 403 g/mol. The Morgan fingerprint density at radius 1 is 1.14 bits per heavy atom. The van der Waals surface area contributed by atoms with Crippen molar-refractivity contribution in [1.82, 2.24) is 15.1 Å². The molecule has 0 unspecified atom stereocenters. The zero-order valence-electron chi connectivity index (χ0n) is 17.5. The molecule has 1 aromatic heterocycles. The minimum atomic E-state index is -0.651. The van der Waals surface area contributed by atoms with Gasteiger partial charge in [0.25, 0.3) is 0 Å². The molecule has 1 atom stereocenters. The number of nitrogens with one attached hydrogen (secondary N) is 1. The number of rotatable bonds is 6. The number of nitrogens with zero attached hydrogens (tertiary/aromatic N) is 2. The lowest BCUT2D eigenvalue weighted by Gasteiger charge is -2.32. The van der Waals surface area contributed by atoms with Crippen molar-refractivity contribution in [2.45, 2.75) is 59.1 Å². The zero-order chi connectivity index (χ0) is 21.0. The molecule has 0 aromatic carbocycles. The van der Waals surface area contributed by atoms with E-state index in [9.17, 15) is 9.59 Å². The molecule has 0 saturated carbocycles. The van der Waals surface area contributed by atoms with Crippen molar-refractivity contribution in [1.29, 1.82) is 0 Å². The molecule has 0 bridgehead atoms. The lowest BCUT2D eigenvalue weighted by Crippen LogP contribution is -2.34. The fourth-order valence-electron chi connectivity index (χ4n) is 3.96. The Balaban J connectivity index is 2.12. The van der Waals surface area contributed by atoms with E-state index in [4.69, 9.17) is 14.2 Å². The lowest BCUT2D eigenvalue weighted by atomic mass is 9.83. The molecular formula is C21H29N3O5. The molecular weight excluding hydrogens is 374 g/mol. The number of carbonyl (C=O) groups excluding carboxylic acids is 2. The van der Waals surface area contributed by atoms with Crippen LogP contribution in [0.1, 0.15) is 64.8 Å². The Kier molecular flexibility index (Phi) is 6.74. The van der Waals surface area contributed by atoms with E-state index in [2.05, 4.69) is 10.4 Å². The molecule has 158 valence electrons. The third-order valence-corrected chi connectivity index (χ3v) is 5.18. The zero-order valence-corrected chi connectivity index (χ0v) is 17.5. The van der Waals surface area contributed by atoms with Gasteiger partial charge in [-0.05, 0) is 53.0 Å². The molecule has 8 heteroatoms. The van der Waals surface area contributed by atoms with Crippen LogP contribution in [0.5, 0.6) is 0 Å². The van der Waals surface area contributed by atoms with Gasteiger partial charge in [-0.15, -0.1) is 0 Å². The predicted molar refractivity (Wildman–Crippen MR) is 106 cm³/mol. The minimum absolute atomic E-state index is 0.226. The Hall–Kier alpha value is -2.61. The molecule has 3 rings (SSSR count). The minimum Gasteiger partial charge on any atom is -0.463 e. The second-order valence-corrected chi connectivity index (χ2v) is 7.10. The number of dihydropyridines is 1. The Labute approximate surface area is 170 Å². The van der Waals surface area contributed by atoms with Gasteiger partial charge in [0.2, 0.25) is 0 Å². The van der Waals surface area contributed by atoms with Crippen LogP contribution in [0.15, 0.2) is 34.8 Å². The standard InChI is InChI=1S/C21H29N3O5/c1-5-27-20(25)17-13(3)23-14(4)18(21(26)28-6-2)19(17)15-10-11-22-24(15)16-9-7-8-12-29-16/h10-11,16,19,23H,5-9,12H2,1-4H3/t16-/m0/s1. The fraction of sp³-hybridized carbons (Fsp3) is 0.571. The fourth-order valence-corrected chi connectivity index (χ4v) is 3.96. The van der Waals surface area contributed by atoms with Crippen molar-refractivity contribution >= 4 is 11.9 Å². The van der Waals surface area contributed by atoms with Crippen molar-refractivity contribution in [2.24, 2.45) is 0 Å². The van der Waals surface area contributed by atoms with Gasteiger partial charge in [-0.3, -0.25) is 0 Å². The van der Waals surface area contributed by atoms with E-state index in [0.717, 1.165) is 19.3 Å². The van der Waals surface area contributed by atoms with Gasteiger partial charge in [-0.1, -0.05) is 0 Å².